The summed E-state index contributed by atoms with van der Waals surface area (Å²) in [6, 6.07) is 8.56. The smallest absolute Gasteiger partial charge is 0.308 e. The molecule has 2 aromatic rings. The minimum absolute atomic E-state index is 0.0127. The third-order valence-electron chi connectivity index (χ3n) is 3.81. The van der Waals surface area contributed by atoms with Gasteiger partial charge in [-0.05, 0) is 19.4 Å². The van der Waals surface area contributed by atoms with Crippen LogP contribution in [0.15, 0.2) is 36.5 Å². The first-order valence-electron chi connectivity index (χ1n) is 8.92. The van der Waals surface area contributed by atoms with Crippen LogP contribution in [0.4, 0.5) is 0 Å². The van der Waals surface area contributed by atoms with Gasteiger partial charge in [0.05, 0.1) is 24.8 Å². The van der Waals surface area contributed by atoms with E-state index in [4.69, 9.17) is 4.74 Å². The summed E-state index contributed by atoms with van der Waals surface area (Å²) in [6.45, 7) is 3.51. The molecule has 2 amide bonds. The molecule has 0 aliphatic heterocycles. The molecule has 0 aliphatic rings. The lowest BCUT2D eigenvalue weighted by Gasteiger charge is -2.18. The number of esters is 1. The maximum absolute atomic E-state index is 12.6. The van der Waals surface area contributed by atoms with Gasteiger partial charge in [-0.1, -0.05) is 35.5 Å². The van der Waals surface area contributed by atoms with Crippen LogP contribution in [0.25, 0.3) is 0 Å². The van der Waals surface area contributed by atoms with E-state index in [0.717, 1.165) is 5.56 Å². The number of aromatic nitrogens is 3. The average Bonchev–Trinajstić information content (AvgIpc) is 3.09. The molecule has 1 unspecified atom stereocenters. The van der Waals surface area contributed by atoms with E-state index < -0.39 is 17.9 Å². The van der Waals surface area contributed by atoms with Crippen LogP contribution in [0, 0.1) is 0 Å². The van der Waals surface area contributed by atoms with Gasteiger partial charge in [0.25, 0.3) is 5.91 Å². The number of benzene rings is 1. The van der Waals surface area contributed by atoms with E-state index in [1.54, 1.807) is 27.9 Å². The van der Waals surface area contributed by atoms with Crippen molar-refractivity contribution in [1.29, 1.82) is 0 Å². The zero-order chi connectivity index (χ0) is 20.7. The summed E-state index contributed by atoms with van der Waals surface area (Å²) in [5, 5.41) is 10.4. The molecule has 1 atom stereocenters. The molecule has 0 radical (unpaired) electrons. The second kappa shape index (κ2) is 9.63. The van der Waals surface area contributed by atoms with Crippen molar-refractivity contribution in [3.63, 3.8) is 0 Å². The van der Waals surface area contributed by atoms with Crippen LogP contribution in [0.1, 0.15) is 42.4 Å². The summed E-state index contributed by atoms with van der Waals surface area (Å²) < 4.78 is 6.49. The highest BCUT2D eigenvalue weighted by Crippen LogP contribution is 2.18. The van der Waals surface area contributed by atoms with Gasteiger partial charge in [-0.25, -0.2) is 4.68 Å². The van der Waals surface area contributed by atoms with E-state index in [1.165, 1.54) is 15.8 Å². The lowest BCUT2D eigenvalue weighted by Crippen LogP contribution is -2.31. The van der Waals surface area contributed by atoms with Crippen molar-refractivity contribution in [3.05, 3.63) is 47.8 Å². The van der Waals surface area contributed by atoms with E-state index in [2.05, 4.69) is 15.6 Å². The predicted octanol–water partition coefficient (Wildman–Crippen LogP) is 1.18. The average molecular weight is 387 g/mol. The normalized spacial score (nSPS) is 11.8. The molecule has 28 heavy (non-hydrogen) atoms. The number of carbonyl (C=O) groups excluding carboxylic acids is 3. The van der Waals surface area contributed by atoms with Crippen molar-refractivity contribution in [2.45, 2.75) is 39.0 Å². The highest BCUT2D eigenvalue weighted by molar-refractivity contribution is 5.92. The van der Waals surface area contributed by atoms with Crippen LogP contribution in [-0.2, 0) is 20.9 Å². The topological polar surface area (TPSA) is 106 Å². The number of carbonyl (C=O) groups is 3. The Morgan fingerprint density at radius 2 is 1.86 bits per heavy atom. The van der Waals surface area contributed by atoms with Gasteiger partial charge in [0.1, 0.15) is 6.54 Å². The molecule has 1 heterocycles. The molecule has 1 aromatic heterocycles. The lowest BCUT2D eigenvalue weighted by molar-refractivity contribution is -0.148. The number of ether oxygens (including phenoxy) is 1. The Morgan fingerprint density at radius 1 is 1.18 bits per heavy atom. The number of hydrogen-bond donors (Lipinski definition) is 1. The largest absolute Gasteiger partial charge is 0.463 e. The molecule has 150 valence electrons. The molecule has 1 aromatic carbocycles. The number of likely N-dealkylation sites (N-methyl/N-ethyl adjacent to an activating group) is 1. The van der Waals surface area contributed by atoms with Gasteiger partial charge in [-0.3, -0.25) is 14.4 Å². The first-order chi connectivity index (χ1) is 13.3. The van der Waals surface area contributed by atoms with Gasteiger partial charge >= 0.3 is 5.97 Å². The Bertz CT molecular complexity index is 817. The number of rotatable bonds is 8. The van der Waals surface area contributed by atoms with Crippen molar-refractivity contribution in [1.82, 2.24) is 25.2 Å². The van der Waals surface area contributed by atoms with E-state index >= 15 is 0 Å². The molecule has 2 rings (SSSR count). The van der Waals surface area contributed by atoms with Crippen molar-refractivity contribution in [2.75, 3.05) is 14.1 Å². The maximum Gasteiger partial charge on any atom is 0.308 e. The summed E-state index contributed by atoms with van der Waals surface area (Å²) in [5.41, 5.74) is 0.830. The van der Waals surface area contributed by atoms with Gasteiger partial charge in [-0.2, -0.15) is 0 Å². The SMILES string of the molecule is CC(C)OC(=O)CC(NC(=O)c1cn(CC(=O)N(C)C)nn1)c1ccccc1. The van der Waals surface area contributed by atoms with Crippen LogP contribution in [0.5, 0.6) is 0 Å². The van der Waals surface area contributed by atoms with Crippen molar-refractivity contribution >= 4 is 17.8 Å². The molecule has 0 aliphatic carbocycles. The lowest BCUT2D eigenvalue weighted by atomic mass is 10.0. The van der Waals surface area contributed by atoms with E-state index in [9.17, 15) is 14.4 Å². The Morgan fingerprint density at radius 3 is 2.46 bits per heavy atom. The zero-order valence-corrected chi connectivity index (χ0v) is 16.5. The van der Waals surface area contributed by atoms with Gasteiger partial charge in [0.15, 0.2) is 5.69 Å². The molecule has 0 saturated carbocycles. The number of hydrogen-bond acceptors (Lipinski definition) is 6. The van der Waals surface area contributed by atoms with Crippen LogP contribution < -0.4 is 5.32 Å². The van der Waals surface area contributed by atoms with Crippen LogP contribution in [0.2, 0.25) is 0 Å². The van der Waals surface area contributed by atoms with Crippen LogP contribution in [-0.4, -0.2) is 57.9 Å². The van der Waals surface area contributed by atoms with E-state index in [-0.39, 0.29) is 30.7 Å². The quantitative estimate of drug-likeness (QED) is 0.682. The highest BCUT2D eigenvalue weighted by atomic mass is 16.5. The number of nitrogens with zero attached hydrogens (tertiary/aromatic N) is 4. The highest BCUT2D eigenvalue weighted by Gasteiger charge is 2.22. The molecule has 0 saturated heterocycles. The zero-order valence-electron chi connectivity index (χ0n) is 16.5. The van der Waals surface area contributed by atoms with Gasteiger partial charge in [-0.15, -0.1) is 5.10 Å². The molecule has 1 N–H and O–H groups in total. The predicted molar refractivity (Wildman–Crippen MR) is 101 cm³/mol. The fourth-order valence-corrected chi connectivity index (χ4v) is 2.41. The molecule has 0 bridgehead atoms. The summed E-state index contributed by atoms with van der Waals surface area (Å²) >= 11 is 0. The molecule has 0 spiro atoms. The minimum atomic E-state index is -0.575. The van der Waals surface area contributed by atoms with E-state index in [1.807, 2.05) is 30.3 Å². The van der Waals surface area contributed by atoms with Gasteiger partial charge in [0.2, 0.25) is 5.91 Å². The summed E-state index contributed by atoms with van der Waals surface area (Å²) in [5.74, 6) is -1.07. The van der Waals surface area contributed by atoms with Crippen molar-refractivity contribution < 1.29 is 19.1 Å². The number of nitrogens with one attached hydrogen (secondary N) is 1. The Labute approximate surface area is 163 Å². The Kier molecular flexibility index (Phi) is 7.25. The summed E-state index contributed by atoms with van der Waals surface area (Å²) in [4.78, 5) is 37.9. The van der Waals surface area contributed by atoms with Crippen molar-refractivity contribution in [2.24, 2.45) is 0 Å². The number of amides is 2. The second-order valence-electron chi connectivity index (χ2n) is 6.77. The van der Waals surface area contributed by atoms with Crippen LogP contribution >= 0.6 is 0 Å². The monoisotopic (exact) mass is 387 g/mol. The fraction of sp³-hybridized carbons (Fsp3) is 0.421. The fourth-order valence-electron chi connectivity index (χ4n) is 2.41. The summed E-state index contributed by atoms with van der Waals surface area (Å²) in [6.07, 6.45) is 1.14. The Balaban J connectivity index is 2.10. The standard InChI is InChI=1S/C19H25N5O4/c1-13(2)28-18(26)10-15(14-8-6-5-7-9-14)20-19(27)16-11-24(22-21-16)12-17(25)23(3)4/h5-9,11,13,15H,10,12H2,1-4H3,(H,20,27). The summed E-state index contributed by atoms with van der Waals surface area (Å²) in [7, 11) is 3.27. The maximum atomic E-state index is 12.6. The van der Waals surface area contributed by atoms with Crippen LogP contribution in [0.3, 0.4) is 0 Å². The minimum Gasteiger partial charge on any atom is -0.463 e. The molecular formula is C19H25N5O4. The van der Waals surface area contributed by atoms with Gasteiger partial charge in [0, 0.05) is 14.1 Å². The first-order valence-corrected chi connectivity index (χ1v) is 8.92. The second-order valence-corrected chi connectivity index (χ2v) is 6.77. The molecule has 9 nitrogen and oxygen atoms in total. The third kappa shape index (κ3) is 6.19. The molecular weight excluding hydrogens is 362 g/mol. The first kappa shape index (κ1) is 21.1. The van der Waals surface area contributed by atoms with Crippen molar-refractivity contribution in [3.8, 4) is 0 Å². The third-order valence-corrected chi connectivity index (χ3v) is 3.81. The Hall–Kier alpha value is -3.23. The molecule has 0 fully saturated rings. The molecule has 9 heteroatoms. The van der Waals surface area contributed by atoms with E-state index in [0.29, 0.717) is 0 Å². The van der Waals surface area contributed by atoms with Gasteiger partial charge < -0.3 is 15.0 Å².